The second kappa shape index (κ2) is 5.84. The molecule has 0 spiro atoms. The van der Waals surface area contributed by atoms with Crippen LogP contribution in [0.4, 0.5) is 11.6 Å². The number of aromatic nitrogens is 1. The fourth-order valence-electron chi connectivity index (χ4n) is 2.32. The van der Waals surface area contributed by atoms with Crippen LogP contribution in [-0.4, -0.2) is 31.8 Å². The summed E-state index contributed by atoms with van der Waals surface area (Å²) in [6, 6.07) is 5.85. The number of hydrogen-bond acceptors (Lipinski definition) is 5. The molecule has 1 aliphatic heterocycles. The van der Waals surface area contributed by atoms with Crippen molar-refractivity contribution in [3.8, 4) is 0 Å². The zero-order valence-electron chi connectivity index (χ0n) is 10.2. The number of nitrogen functional groups attached to an aromatic ring is 1. The number of anilines is 2. The van der Waals surface area contributed by atoms with E-state index in [1.807, 2.05) is 18.2 Å². The van der Waals surface area contributed by atoms with Gasteiger partial charge in [0.25, 0.3) is 0 Å². The number of nitrogens with two attached hydrogens (primary N) is 1. The van der Waals surface area contributed by atoms with E-state index in [1.54, 1.807) is 7.11 Å². The zero-order chi connectivity index (χ0) is 12.1. The number of rotatable bonds is 4. The summed E-state index contributed by atoms with van der Waals surface area (Å²) in [5.74, 6) is 7.67. The van der Waals surface area contributed by atoms with E-state index in [2.05, 4.69) is 15.3 Å². The van der Waals surface area contributed by atoms with Crippen LogP contribution in [0.2, 0.25) is 0 Å². The maximum Gasteiger partial charge on any atom is 0.142 e. The van der Waals surface area contributed by atoms with E-state index in [4.69, 9.17) is 10.6 Å². The Morgan fingerprint density at radius 3 is 3.24 bits per heavy atom. The summed E-state index contributed by atoms with van der Waals surface area (Å²) < 4.78 is 5.23. The van der Waals surface area contributed by atoms with E-state index in [0.29, 0.717) is 11.7 Å². The van der Waals surface area contributed by atoms with Crippen LogP contribution in [0.5, 0.6) is 0 Å². The Bertz CT molecular complexity index is 356. The minimum atomic E-state index is 0.602. The van der Waals surface area contributed by atoms with Crippen molar-refractivity contribution < 1.29 is 4.74 Å². The molecule has 2 rings (SSSR count). The van der Waals surface area contributed by atoms with Crippen molar-refractivity contribution in [1.82, 2.24) is 4.98 Å². The predicted molar refractivity (Wildman–Crippen MR) is 68.9 cm³/mol. The van der Waals surface area contributed by atoms with Gasteiger partial charge in [0.1, 0.15) is 11.6 Å². The summed E-state index contributed by atoms with van der Waals surface area (Å²) in [6.07, 6.45) is 2.43. The maximum atomic E-state index is 5.37. The smallest absolute Gasteiger partial charge is 0.142 e. The molecule has 5 heteroatoms. The highest BCUT2D eigenvalue weighted by Gasteiger charge is 2.20. The lowest BCUT2D eigenvalue weighted by Gasteiger charge is -2.33. The van der Waals surface area contributed by atoms with Crippen molar-refractivity contribution in [2.45, 2.75) is 12.8 Å². The average Bonchev–Trinajstić information content (AvgIpc) is 2.40. The van der Waals surface area contributed by atoms with Gasteiger partial charge in [-0.1, -0.05) is 6.07 Å². The van der Waals surface area contributed by atoms with Crippen LogP contribution in [0.1, 0.15) is 12.8 Å². The molecular weight excluding hydrogens is 216 g/mol. The van der Waals surface area contributed by atoms with E-state index in [0.717, 1.165) is 25.5 Å². The van der Waals surface area contributed by atoms with Crippen LogP contribution < -0.4 is 16.2 Å². The third-order valence-corrected chi connectivity index (χ3v) is 3.13. The monoisotopic (exact) mass is 236 g/mol. The van der Waals surface area contributed by atoms with Gasteiger partial charge in [0.05, 0.1) is 6.61 Å². The van der Waals surface area contributed by atoms with Crippen molar-refractivity contribution in [3.63, 3.8) is 0 Å². The van der Waals surface area contributed by atoms with Gasteiger partial charge in [-0.25, -0.2) is 10.8 Å². The molecule has 1 aliphatic rings. The summed E-state index contributed by atoms with van der Waals surface area (Å²) in [4.78, 5) is 6.76. The summed E-state index contributed by atoms with van der Waals surface area (Å²) >= 11 is 0. The molecule has 0 aliphatic carbocycles. The molecule has 5 nitrogen and oxygen atoms in total. The van der Waals surface area contributed by atoms with Crippen LogP contribution in [0.3, 0.4) is 0 Å². The molecule has 1 aromatic heterocycles. The number of methoxy groups -OCH3 is 1. The van der Waals surface area contributed by atoms with Gasteiger partial charge in [0.2, 0.25) is 0 Å². The highest BCUT2D eigenvalue weighted by atomic mass is 16.5. The number of nitrogens with zero attached hydrogens (tertiary/aromatic N) is 2. The average molecular weight is 236 g/mol. The minimum absolute atomic E-state index is 0.602. The number of ether oxygens (including phenoxy) is 1. The lowest BCUT2D eigenvalue weighted by molar-refractivity contribution is 0.143. The highest BCUT2D eigenvalue weighted by Crippen LogP contribution is 2.22. The van der Waals surface area contributed by atoms with Crippen molar-refractivity contribution in [3.05, 3.63) is 18.2 Å². The predicted octanol–water partition coefficient (Wildman–Crippen LogP) is 1.23. The molecule has 0 radical (unpaired) electrons. The Morgan fingerprint density at radius 1 is 1.59 bits per heavy atom. The minimum Gasteiger partial charge on any atom is -0.384 e. The SMILES string of the molecule is COCC1CCCN(c2cccc(NN)n2)C1. The molecule has 0 saturated carbocycles. The molecule has 94 valence electrons. The van der Waals surface area contributed by atoms with Crippen molar-refractivity contribution in [1.29, 1.82) is 0 Å². The summed E-state index contributed by atoms with van der Waals surface area (Å²) in [5, 5.41) is 0. The fourth-order valence-corrected chi connectivity index (χ4v) is 2.32. The van der Waals surface area contributed by atoms with Crippen molar-refractivity contribution in [2.24, 2.45) is 11.8 Å². The van der Waals surface area contributed by atoms with Crippen LogP contribution in [-0.2, 0) is 4.74 Å². The van der Waals surface area contributed by atoms with Gasteiger partial charge in [0.15, 0.2) is 0 Å². The summed E-state index contributed by atoms with van der Waals surface area (Å²) in [7, 11) is 1.76. The molecular formula is C12H20N4O. The third-order valence-electron chi connectivity index (χ3n) is 3.13. The topological polar surface area (TPSA) is 63.4 Å². The largest absolute Gasteiger partial charge is 0.384 e. The molecule has 1 saturated heterocycles. The number of pyridine rings is 1. The van der Waals surface area contributed by atoms with Gasteiger partial charge in [-0.3, -0.25) is 0 Å². The lowest BCUT2D eigenvalue weighted by Crippen LogP contribution is -2.37. The highest BCUT2D eigenvalue weighted by molar-refractivity contribution is 5.46. The Hall–Kier alpha value is -1.33. The molecule has 1 unspecified atom stereocenters. The quantitative estimate of drug-likeness (QED) is 0.608. The first-order valence-corrected chi connectivity index (χ1v) is 6.01. The van der Waals surface area contributed by atoms with Crippen LogP contribution in [0.15, 0.2) is 18.2 Å². The van der Waals surface area contributed by atoms with Crippen LogP contribution in [0.25, 0.3) is 0 Å². The second-order valence-electron chi connectivity index (χ2n) is 4.43. The van der Waals surface area contributed by atoms with E-state index in [-0.39, 0.29) is 0 Å². The normalized spacial score (nSPS) is 20.4. The zero-order valence-corrected chi connectivity index (χ0v) is 10.2. The molecule has 0 bridgehead atoms. The van der Waals surface area contributed by atoms with Gasteiger partial charge in [-0.05, 0) is 30.9 Å². The van der Waals surface area contributed by atoms with E-state index < -0.39 is 0 Å². The molecule has 0 aromatic carbocycles. The van der Waals surface area contributed by atoms with Gasteiger partial charge in [-0.15, -0.1) is 0 Å². The van der Waals surface area contributed by atoms with Crippen molar-refractivity contribution >= 4 is 11.6 Å². The van der Waals surface area contributed by atoms with E-state index in [9.17, 15) is 0 Å². The number of nitrogens with one attached hydrogen (secondary N) is 1. The van der Waals surface area contributed by atoms with Gasteiger partial charge < -0.3 is 15.1 Å². The Kier molecular flexibility index (Phi) is 4.17. The first kappa shape index (κ1) is 12.1. The molecule has 1 atom stereocenters. The summed E-state index contributed by atoms with van der Waals surface area (Å²) in [5.41, 5.74) is 2.58. The molecule has 17 heavy (non-hydrogen) atoms. The van der Waals surface area contributed by atoms with Gasteiger partial charge in [0, 0.05) is 20.2 Å². The third kappa shape index (κ3) is 3.08. The molecule has 0 amide bonds. The Morgan fingerprint density at radius 2 is 2.47 bits per heavy atom. The molecule has 1 fully saturated rings. The van der Waals surface area contributed by atoms with E-state index >= 15 is 0 Å². The van der Waals surface area contributed by atoms with Gasteiger partial charge >= 0.3 is 0 Å². The van der Waals surface area contributed by atoms with Crippen LogP contribution >= 0.6 is 0 Å². The number of hydrogen-bond donors (Lipinski definition) is 2. The first-order valence-electron chi connectivity index (χ1n) is 6.01. The molecule has 2 heterocycles. The van der Waals surface area contributed by atoms with Gasteiger partial charge in [-0.2, -0.15) is 0 Å². The Labute approximate surface area is 102 Å². The summed E-state index contributed by atoms with van der Waals surface area (Å²) in [6.45, 7) is 2.89. The number of hydrazine groups is 1. The van der Waals surface area contributed by atoms with Crippen LogP contribution in [0, 0.1) is 5.92 Å². The number of piperidine rings is 1. The fraction of sp³-hybridized carbons (Fsp3) is 0.583. The first-order chi connectivity index (χ1) is 8.33. The second-order valence-corrected chi connectivity index (χ2v) is 4.43. The molecule has 1 aromatic rings. The lowest BCUT2D eigenvalue weighted by atomic mass is 9.99. The van der Waals surface area contributed by atoms with E-state index in [1.165, 1.54) is 12.8 Å². The standard InChI is InChI=1S/C12H20N4O/c1-17-9-10-4-3-7-16(8-10)12-6-2-5-11(14-12)15-13/h2,5-6,10H,3-4,7-9,13H2,1H3,(H,14,15). The molecule has 3 N–H and O–H groups in total. The van der Waals surface area contributed by atoms with Crippen molar-refractivity contribution in [2.75, 3.05) is 37.1 Å². The maximum absolute atomic E-state index is 5.37. The Balaban J connectivity index is 2.05.